The van der Waals surface area contributed by atoms with Gasteiger partial charge in [-0.05, 0) is 30.2 Å². The number of rotatable bonds is 5. The van der Waals surface area contributed by atoms with Crippen molar-refractivity contribution >= 4 is 22.4 Å². The molecule has 3 aromatic rings. The van der Waals surface area contributed by atoms with E-state index in [0.29, 0.717) is 5.13 Å². The van der Waals surface area contributed by atoms with E-state index in [4.69, 9.17) is 0 Å². The molecule has 0 saturated heterocycles. The Morgan fingerprint density at radius 1 is 1.04 bits per heavy atom. The van der Waals surface area contributed by atoms with Crippen LogP contribution in [0.4, 0.5) is 9.52 Å². The fourth-order valence-corrected chi connectivity index (χ4v) is 2.83. The molecular weight excluding hydrogens is 313 g/mol. The maximum absolute atomic E-state index is 13.1. The van der Waals surface area contributed by atoms with E-state index in [0.717, 1.165) is 17.8 Å². The van der Waals surface area contributed by atoms with Crippen molar-refractivity contribution in [1.29, 1.82) is 0 Å². The predicted octanol–water partition coefficient (Wildman–Crippen LogP) is 3.71. The average molecular weight is 327 g/mol. The van der Waals surface area contributed by atoms with Crippen molar-refractivity contribution in [1.82, 2.24) is 10.2 Å². The second-order valence-corrected chi connectivity index (χ2v) is 6.01. The summed E-state index contributed by atoms with van der Waals surface area (Å²) in [7, 11) is 0. The van der Waals surface area contributed by atoms with E-state index in [1.807, 2.05) is 18.2 Å². The normalized spacial score (nSPS) is 10.5. The molecule has 1 amide bonds. The third kappa shape index (κ3) is 4.20. The van der Waals surface area contributed by atoms with E-state index in [2.05, 4.69) is 27.6 Å². The molecule has 0 aliphatic rings. The van der Waals surface area contributed by atoms with E-state index in [9.17, 15) is 9.18 Å². The number of carbonyl (C=O) groups excluding carboxylic acids is 1. The lowest BCUT2D eigenvalue weighted by Crippen LogP contribution is -2.11. The molecule has 3 rings (SSSR count). The van der Waals surface area contributed by atoms with Crippen LogP contribution < -0.4 is 5.32 Å². The van der Waals surface area contributed by atoms with E-state index >= 15 is 0 Å². The molecule has 1 heterocycles. The van der Waals surface area contributed by atoms with Crippen LogP contribution >= 0.6 is 11.3 Å². The molecule has 0 bridgehead atoms. The summed E-state index contributed by atoms with van der Waals surface area (Å²) in [5.41, 5.74) is 1.49. The Balaban J connectivity index is 1.60. The van der Waals surface area contributed by atoms with Gasteiger partial charge in [0, 0.05) is 12.0 Å². The van der Waals surface area contributed by atoms with Gasteiger partial charge in [-0.1, -0.05) is 47.7 Å². The van der Waals surface area contributed by atoms with Gasteiger partial charge in [-0.2, -0.15) is 0 Å². The summed E-state index contributed by atoms with van der Waals surface area (Å²) in [5, 5.41) is 11.9. The summed E-state index contributed by atoms with van der Waals surface area (Å²) in [5.74, 6) is -0.839. The molecule has 6 heteroatoms. The van der Waals surface area contributed by atoms with Gasteiger partial charge in [-0.25, -0.2) is 4.39 Å². The third-order valence-corrected chi connectivity index (χ3v) is 4.14. The van der Waals surface area contributed by atoms with Gasteiger partial charge < -0.3 is 0 Å². The number of hydrogen-bond acceptors (Lipinski definition) is 4. The van der Waals surface area contributed by atoms with Crippen LogP contribution in [0.15, 0.2) is 54.6 Å². The van der Waals surface area contributed by atoms with Crippen molar-refractivity contribution in [3.63, 3.8) is 0 Å². The molecular formula is C17H14FN3OS. The Labute approximate surface area is 137 Å². The van der Waals surface area contributed by atoms with Crippen LogP contribution in [-0.2, 0) is 12.8 Å². The molecule has 0 atom stereocenters. The molecule has 0 aliphatic carbocycles. The Kier molecular flexibility index (Phi) is 4.73. The van der Waals surface area contributed by atoms with Crippen LogP contribution in [0.2, 0.25) is 0 Å². The molecule has 0 saturated carbocycles. The highest BCUT2D eigenvalue weighted by Crippen LogP contribution is 2.18. The smallest absolute Gasteiger partial charge is 0.257 e. The first kappa shape index (κ1) is 15.3. The van der Waals surface area contributed by atoms with Crippen molar-refractivity contribution in [2.45, 2.75) is 12.8 Å². The maximum Gasteiger partial charge on any atom is 0.257 e. The number of aryl methyl sites for hydroxylation is 2. The monoisotopic (exact) mass is 327 g/mol. The maximum atomic E-state index is 13.1. The van der Waals surface area contributed by atoms with Gasteiger partial charge in [0.25, 0.3) is 5.91 Å². The van der Waals surface area contributed by atoms with Crippen LogP contribution in [0, 0.1) is 5.82 Å². The predicted molar refractivity (Wildman–Crippen MR) is 88.1 cm³/mol. The number of hydrogen-bond donors (Lipinski definition) is 1. The molecule has 2 aromatic carbocycles. The number of nitrogens with zero attached hydrogens (tertiary/aromatic N) is 2. The SMILES string of the molecule is O=C(Nc1nnc(CCc2ccccc2)s1)c1cccc(F)c1. The van der Waals surface area contributed by atoms with Gasteiger partial charge in [0.2, 0.25) is 5.13 Å². The van der Waals surface area contributed by atoms with E-state index in [1.165, 1.54) is 35.1 Å². The van der Waals surface area contributed by atoms with Crippen molar-refractivity contribution in [2.24, 2.45) is 0 Å². The van der Waals surface area contributed by atoms with E-state index in [1.54, 1.807) is 6.07 Å². The highest BCUT2D eigenvalue weighted by Gasteiger charge is 2.11. The number of nitrogens with one attached hydrogen (secondary N) is 1. The van der Waals surface area contributed by atoms with Crippen LogP contribution in [0.3, 0.4) is 0 Å². The number of halogens is 1. The lowest BCUT2D eigenvalue weighted by Gasteiger charge is -2.00. The molecule has 0 aliphatic heterocycles. The molecule has 1 aromatic heterocycles. The fourth-order valence-electron chi connectivity index (χ4n) is 2.10. The zero-order valence-corrected chi connectivity index (χ0v) is 13.0. The highest BCUT2D eigenvalue weighted by molar-refractivity contribution is 7.15. The highest BCUT2D eigenvalue weighted by atomic mass is 32.1. The average Bonchev–Trinajstić information content (AvgIpc) is 3.01. The number of benzene rings is 2. The lowest BCUT2D eigenvalue weighted by molar-refractivity contribution is 0.102. The summed E-state index contributed by atoms with van der Waals surface area (Å²) < 4.78 is 13.1. The topological polar surface area (TPSA) is 54.9 Å². The second-order valence-electron chi connectivity index (χ2n) is 4.95. The van der Waals surface area contributed by atoms with Gasteiger partial charge in [-0.3, -0.25) is 10.1 Å². The first-order valence-electron chi connectivity index (χ1n) is 7.14. The molecule has 23 heavy (non-hydrogen) atoms. The molecule has 1 N–H and O–H groups in total. The lowest BCUT2D eigenvalue weighted by atomic mass is 10.1. The summed E-state index contributed by atoms with van der Waals surface area (Å²) in [6.07, 6.45) is 1.63. The van der Waals surface area contributed by atoms with Gasteiger partial charge in [0.1, 0.15) is 10.8 Å². The molecule has 0 fully saturated rings. The van der Waals surface area contributed by atoms with Crippen molar-refractivity contribution in [3.05, 3.63) is 76.5 Å². The first-order valence-corrected chi connectivity index (χ1v) is 7.95. The molecule has 0 radical (unpaired) electrons. The van der Waals surface area contributed by atoms with Crippen molar-refractivity contribution < 1.29 is 9.18 Å². The minimum atomic E-state index is -0.446. The van der Waals surface area contributed by atoms with Crippen molar-refractivity contribution in [3.8, 4) is 0 Å². The third-order valence-electron chi connectivity index (χ3n) is 3.24. The van der Waals surface area contributed by atoms with Gasteiger partial charge >= 0.3 is 0 Å². The van der Waals surface area contributed by atoms with Crippen LogP contribution in [-0.4, -0.2) is 16.1 Å². The Bertz CT molecular complexity index is 804. The van der Waals surface area contributed by atoms with E-state index < -0.39 is 11.7 Å². The summed E-state index contributed by atoms with van der Waals surface area (Å²) in [6, 6.07) is 15.6. The minimum Gasteiger partial charge on any atom is -0.296 e. The standard InChI is InChI=1S/C17H14FN3OS/c18-14-8-4-7-13(11-14)16(22)19-17-21-20-15(23-17)10-9-12-5-2-1-3-6-12/h1-8,11H,9-10H2,(H,19,21,22). The summed E-state index contributed by atoms with van der Waals surface area (Å²) in [4.78, 5) is 12.0. The number of aromatic nitrogens is 2. The zero-order valence-electron chi connectivity index (χ0n) is 12.2. The zero-order chi connectivity index (χ0) is 16.1. The summed E-state index contributed by atoms with van der Waals surface area (Å²) >= 11 is 1.33. The molecule has 0 unspecified atom stereocenters. The van der Waals surface area contributed by atoms with Gasteiger partial charge in [0.05, 0.1) is 0 Å². The van der Waals surface area contributed by atoms with Gasteiger partial charge in [0.15, 0.2) is 0 Å². The Morgan fingerprint density at radius 2 is 1.87 bits per heavy atom. The Hall–Kier alpha value is -2.60. The van der Waals surface area contributed by atoms with Crippen molar-refractivity contribution in [2.75, 3.05) is 5.32 Å². The van der Waals surface area contributed by atoms with Gasteiger partial charge in [-0.15, -0.1) is 10.2 Å². The Morgan fingerprint density at radius 3 is 2.65 bits per heavy atom. The number of amides is 1. The molecule has 4 nitrogen and oxygen atoms in total. The van der Waals surface area contributed by atoms with Crippen LogP contribution in [0.1, 0.15) is 20.9 Å². The molecule has 0 spiro atoms. The second kappa shape index (κ2) is 7.11. The summed E-state index contributed by atoms with van der Waals surface area (Å²) in [6.45, 7) is 0. The quantitative estimate of drug-likeness (QED) is 0.777. The number of carbonyl (C=O) groups is 1. The van der Waals surface area contributed by atoms with E-state index in [-0.39, 0.29) is 5.56 Å². The minimum absolute atomic E-state index is 0.256. The fraction of sp³-hybridized carbons (Fsp3) is 0.118. The number of anilines is 1. The van der Waals surface area contributed by atoms with Crippen LogP contribution in [0.25, 0.3) is 0 Å². The first-order chi connectivity index (χ1) is 11.2. The molecule has 116 valence electrons. The van der Waals surface area contributed by atoms with Crippen LogP contribution in [0.5, 0.6) is 0 Å². The largest absolute Gasteiger partial charge is 0.296 e.